The zero-order valence-corrected chi connectivity index (χ0v) is 13.7. The minimum atomic E-state index is -0.221. The van der Waals surface area contributed by atoms with Gasteiger partial charge >= 0.3 is 0 Å². The zero-order chi connectivity index (χ0) is 16.4. The van der Waals surface area contributed by atoms with E-state index < -0.39 is 0 Å². The van der Waals surface area contributed by atoms with Gasteiger partial charge in [0.2, 0.25) is 11.8 Å². The van der Waals surface area contributed by atoms with Crippen molar-refractivity contribution in [3.05, 3.63) is 30.1 Å². The topological polar surface area (TPSA) is 62.7 Å². The quantitative estimate of drug-likeness (QED) is 0.828. The van der Waals surface area contributed by atoms with E-state index in [4.69, 9.17) is 4.74 Å². The minimum Gasteiger partial charge on any atom is -0.380 e. The molecule has 2 aliphatic heterocycles. The lowest BCUT2D eigenvalue weighted by atomic mass is 9.78. The first-order valence-electron chi connectivity index (χ1n) is 7.97. The van der Waals surface area contributed by atoms with Crippen LogP contribution in [-0.4, -0.2) is 59.9 Å². The number of fused-ring (bicyclic) bond motifs is 1. The highest BCUT2D eigenvalue weighted by atomic mass is 16.5. The summed E-state index contributed by atoms with van der Waals surface area (Å²) < 4.78 is 5.62. The highest BCUT2D eigenvalue weighted by molar-refractivity contribution is 5.78. The molecule has 23 heavy (non-hydrogen) atoms. The first kappa shape index (κ1) is 15.9. The molecule has 6 nitrogen and oxygen atoms in total. The molecule has 1 aromatic rings. The van der Waals surface area contributed by atoms with E-state index in [0.29, 0.717) is 39.3 Å². The van der Waals surface area contributed by atoms with Gasteiger partial charge < -0.3 is 14.5 Å². The third-order valence-corrected chi connectivity index (χ3v) is 5.02. The number of carbonyl (C=O) groups is 2. The van der Waals surface area contributed by atoms with Crippen molar-refractivity contribution in [2.75, 3.05) is 33.4 Å². The predicted octanol–water partition coefficient (Wildman–Crippen LogP) is 0.925. The van der Waals surface area contributed by atoms with Gasteiger partial charge in [0.1, 0.15) is 0 Å². The molecule has 2 atom stereocenters. The van der Waals surface area contributed by atoms with Gasteiger partial charge in [-0.25, -0.2) is 0 Å². The van der Waals surface area contributed by atoms with Crippen LogP contribution in [0.5, 0.6) is 0 Å². The number of aromatic nitrogens is 1. The number of likely N-dealkylation sites (tertiary alicyclic amines) is 1. The van der Waals surface area contributed by atoms with Gasteiger partial charge in [-0.2, -0.15) is 0 Å². The van der Waals surface area contributed by atoms with E-state index in [9.17, 15) is 9.59 Å². The molecule has 3 rings (SSSR count). The predicted molar refractivity (Wildman–Crippen MR) is 84.3 cm³/mol. The first-order valence-corrected chi connectivity index (χ1v) is 7.97. The van der Waals surface area contributed by atoms with Gasteiger partial charge in [0.15, 0.2) is 0 Å². The van der Waals surface area contributed by atoms with Crippen molar-refractivity contribution in [1.29, 1.82) is 0 Å². The second kappa shape index (κ2) is 6.28. The smallest absolute Gasteiger partial charge is 0.223 e. The Hall–Kier alpha value is -1.95. The minimum absolute atomic E-state index is 0.0769. The van der Waals surface area contributed by atoms with Crippen molar-refractivity contribution >= 4 is 11.8 Å². The van der Waals surface area contributed by atoms with E-state index in [1.807, 2.05) is 23.1 Å². The van der Waals surface area contributed by atoms with Crippen molar-refractivity contribution in [2.45, 2.75) is 19.9 Å². The molecular formula is C17H23N3O3. The van der Waals surface area contributed by atoms with Crippen LogP contribution in [0.2, 0.25) is 0 Å². The van der Waals surface area contributed by atoms with Crippen LogP contribution in [0, 0.1) is 11.3 Å². The third-order valence-electron chi connectivity index (χ3n) is 5.02. The van der Waals surface area contributed by atoms with Gasteiger partial charge in [-0.1, -0.05) is 6.07 Å². The van der Waals surface area contributed by atoms with Crippen LogP contribution >= 0.6 is 0 Å². The van der Waals surface area contributed by atoms with E-state index >= 15 is 0 Å². The lowest BCUT2D eigenvalue weighted by Crippen LogP contribution is -2.38. The van der Waals surface area contributed by atoms with Crippen molar-refractivity contribution in [1.82, 2.24) is 14.8 Å². The third kappa shape index (κ3) is 3.22. The second-order valence-corrected chi connectivity index (χ2v) is 6.72. The number of hydrogen-bond acceptors (Lipinski definition) is 4. The van der Waals surface area contributed by atoms with Gasteiger partial charge in [-0.3, -0.25) is 14.6 Å². The fourth-order valence-corrected chi connectivity index (χ4v) is 3.58. The summed E-state index contributed by atoms with van der Waals surface area (Å²) in [6.07, 6.45) is 2.15. The molecule has 2 amide bonds. The average Bonchev–Trinajstić information content (AvgIpc) is 3.04. The molecule has 0 N–H and O–H groups in total. The molecule has 0 aliphatic carbocycles. The molecule has 0 saturated carbocycles. The Morgan fingerprint density at radius 3 is 3.00 bits per heavy atom. The van der Waals surface area contributed by atoms with Crippen LogP contribution in [-0.2, 0) is 20.9 Å². The number of nitrogens with zero attached hydrogens (tertiary/aromatic N) is 3. The zero-order valence-electron chi connectivity index (χ0n) is 13.7. The maximum Gasteiger partial charge on any atom is 0.223 e. The van der Waals surface area contributed by atoms with Crippen LogP contribution in [0.15, 0.2) is 24.4 Å². The summed E-state index contributed by atoms with van der Waals surface area (Å²) in [5.74, 6) is 0.420. The summed E-state index contributed by atoms with van der Waals surface area (Å²) in [5.41, 5.74) is 0.651. The molecule has 3 heterocycles. The van der Waals surface area contributed by atoms with E-state index in [2.05, 4.69) is 4.98 Å². The summed E-state index contributed by atoms with van der Waals surface area (Å²) in [4.78, 5) is 32.1. The maximum atomic E-state index is 12.7. The molecule has 0 unspecified atom stereocenters. The van der Waals surface area contributed by atoms with Crippen molar-refractivity contribution < 1.29 is 14.3 Å². The van der Waals surface area contributed by atoms with E-state index in [-0.39, 0.29) is 23.1 Å². The monoisotopic (exact) mass is 317 g/mol. The average molecular weight is 317 g/mol. The summed E-state index contributed by atoms with van der Waals surface area (Å²) >= 11 is 0. The second-order valence-electron chi connectivity index (χ2n) is 6.72. The van der Waals surface area contributed by atoms with Crippen LogP contribution < -0.4 is 0 Å². The van der Waals surface area contributed by atoms with Crippen LogP contribution in [0.25, 0.3) is 0 Å². The van der Waals surface area contributed by atoms with Gasteiger partial charge in [0.25, 0.3) is 0 Å². The fraction of sp³-hybridized carbons (Fsp3) is 0.588. The van der Waals surface area contributed by atoms with Gasteiger partial charge in [-0.05, 0) is 12.1 Å². The molecule has 2 aliphatic rings. The van der Waals surface area contributed by atoms with Crippen LogP contribution in [0.1, 0.15) is 19.0 Å². The van der Waals surface area contributed by atoms with E-state index in [1.165, 1.54) is 0 Å². The molecule has 2 saturated heterocycles. The largest absolute Gasteiger partial charge is 0.380 e. The standard InChI is InChI=1S/C17H23N3O3/c1-13(21)20-8-14-10-23-12-17(14,11-20)7-16(22)19(2)9-15-5-3-4-6-18-15/h3-6,14H,7-12H2,1-2H3/t14-,17+/m1/s1. The van der Waals surface area contributed by atoms with Gasteiger partial charge in [0, 0.05) is 51.0 Å². The Bertz CT molecular complexity index is 592. The number of ether oxygens (including phenoxy) is 1. The normalized spacial score (nSPS) is 26.2. The molecule has 2 fully saturated rings. The lowest BCUT2D eigenvalue weighted by Gasteiger charge is -2.28. The van der Waals surface area contributed by atoms with Gasteiger partial charge in [0.05, 0.1) is 25.5 Å². The highest BCUT2D eigenvalue weighted by Crippen LogP contribution is 2.44. The molecule has 0 aromatic carbocycles. The summed E-state index contributed by atoms with van der Waals surface area (Å²) in [7, 11) is 1.80. The van der Waals surface area contributed by atoms with Crippen molar-refractivity contribution in [3.63, 3.8) is 0 Å². The fourth-order valence-electron chi connectivity index (χ4n) is 3.58. The summed E-state index contributed by atoms with van der Waals surface area (Å²) in [6.45, 7) is 4.61. The molecule has 124 valence electrons. The Labute approximate surface area is 136 Å². The molecular weight excluding hydrogens is 294 g/mol. The number of hydrogen-bond donors (Lipinski definition) is 0. The first-order chi connectivity index (χ1) is 11.0. The molecule has 1 aromatic heterocycles. The highest BCUT2D eigenvalue weighted by Gasteiger charge is 2.52. The number of amides is 2. The molecule has 6 heteroatoms. The number of pyridine rings is 1. The Kier molecular flexibility index (Phi) is 4.35. The van der Waals surface area contributed by atoms with Crippen LogP contribution in [0.3, 0.4) is 0 Å². The summed E-state index contributed by atoms with van der Waals surface area (Å²) in [5, 5.41) is 0. The molecule has 0 radical (unpaired) electrons. The van der Waals surface area contributed by atoms with E-state index in [0.717, 1.165) is 5.69 Å². The Morgan fingerprint density at radius 1 is 1.48 bits per heavy atom. The van der Waals surface area contributed by atoms with E-state index in [1.54, 1.807) is 25.1 Å². The Morgan fingerprint density at radius 2 is 2.30 bits per heavy atom. The van der Waals surface area contributed by atoms with Crippen LogP contribution in [0.4, 0.5) is 0 Å². The van der Waals surface area contributed by atoms with Gasteiger partial charge in [-0.15, -0.1) is 0 Å². The van der Waals surface area contributed by atoms with Crippen molar-refractivity contribution in [2.24, 2.45) is 11.3 Å². The SMILES string of the molecule is CC(=O)N1C[C@@H]2COC[C@]2(CC(=O)N(C)Cc2ccccn2)C1. The lowest BCUT2D eigenvalue weighted by molar-refractivity contribution is -0.134. The number of rotatable bonds is 4. The summed E-state index contributed by atoms with van der Waals surface area (Å²) in [6, 6.07) is 5.69. The number of carbonyl (C=O) groups excluding carboxylic acids is 2. The Balaban J connectivity index is 1.65. The molecule has 0 bridgehead atoms. The maximum absolute atomic E-state index is 12.7. The molecule has 0 spiro atoms. The van der Waals surface area contributed by atoms with Crippen molar-refractivity contribution in [3.8, 4) is 0 Å².